The molecule has 0 bridgehead atoms. The van der Waals surface area contributed by atoms with Crippen molar-refractivity contribution in [2.45, 2.75) is 45.1 Å². The van der Waals surface area contributed by atoms with Crippen molar-refractivity contribution in [1.29, 1.82) is 0 Å². The normalized spacial score (nSPS) is 24.0. The van der Waals surface area contributed by atoms with Crippen LogP contribution in [0.1, 0.15) is 44.6 Å². The molecule has 152 valence electrons. The molecule has 1 aromatic carbocycles. The van der Waals surface area contributed by atoms with E-state index in [2.05, 4.69) is 60.8 Å². The van der Waals surface area contributed by atoms with Gasteiger partial charge in [0, 0.05) is 6.54 Å². The summed E-state index contributed by atoms with van der Waals surface area (Å²) in [5.74, 6) is 0.221. The van der Waals surface area contributed by atoms with Crippen LogP contribution in [0.3, 0.4) is 0 Å². The second kappa shape index (κ2) is 11.2. The van der Waals surface area contributed by atoms with Crippen LogP contribution in [0.25, 0.3) is 6.08 Å². The highest BCUT2D eigenvalue weighted by molar-refractivity contribution is 5.79. The minimum atomic E-state index is 0.0572. The van der Waals surface area contributed by atoms with Gasteiger partial charge in [-0.1, -0.05) is 48.1 Å². The fraction of sp³-hybridized carbons (Fsp3) is 0.542. The average molecular weight is 384 g/mol. The maximum atomic E-state index is 12.5. The van der Waals surface area contributed by atoms with E-state index in [0.29, 0.717) is 0 Å². The van der Waals surface area contributed by atoms with E-state index in [9.17, 15) is 4.79 Å². The highest BCUT2D eigenvalue weighted by Gasteiger charge is 2.30. The van der Waals surface area contributed by atoms with Gasteiger partial charge < -0.3 is 15.1 Å². The number of allylic oxidation sites excluding steroid dienone is 1. The van der Waals surface area contributed by atoms with E-state index in [-0.39, 0.29) is 11.9 Å². The van der Waals surface area contributed by atoms with E-state index in [4.69, 9.17) is 0 Å². The molecule has 4 heteroatoms. The molecular weight excluding hydrogens is 346 g/mol. The smallest absolute Gasteiger partial charge is 0.278 e. The Bertz CT molecular complexity index is 660. The molecular formula is C24H37N3O+2. The lowest BCUT2D eigenvalue weighted by Gasteiger charge is -2.32. The van der Waals surface area contributed by atoms with E-state index in [0.717, 1.165) is 45.7 Å². The van der Waals surface area contributed by atoms with Gasteiger partial charge >= 0.3 is 0 Å². The second-order valence-corrected chi connectivity index (χ2v) is 8.30. The number of piperazine rings is 1. The summed E-state index contributed by atoms with van der Waals surface area (Å²) < 4.78 is 0. The Kier molecular flexibility index (Phi) is 8.31. The quantitative estimate of drug-likeness (QED) is 0.573. The standard InChI is InChI=1S/C24H35N3O/c1-21(24(28)25-15-14-23-11-6-3-7-12-23)27-19-17-26(18-20-27)16-8-13-22-9-4-2-5-10-22/h2,4-5,8-11,13,21H,3,6-7,12,14-20H2,1H3,(H,25,28)/p+2/b13-8+/t21-/m0/s1. The number of hydrogen-bond donors (Lipinski definition) is 3. The SMILES string of the molecule is C[C@@H](C(=O)NCCC1=CCCCC1)[NH+]1CC[NH+](C/C=C/c2ccccc2)CC1. The molecule has 1 aliphatic heterocycles. The van der Waals surface area contributed by atoms with E-state index in [1.165, 1.54) is 41.7 Å². The second-order valence-electron chi connectivity index (χ2n) is 8.30. The Morgan fingerprint density at radius 1 is 1.14 bits per heavy atom. The Balaban J connectivity index is 1.33. The summed E-state index contributed by atoms with van der Waals surface area (Å²) in [7, 11) is 0. The lowest BCUT2D eigenvalue weighted by atomic mass is 9.97. The fourth-order valence-electron chi connectivity index (χ4n) is 4.30. The Hall–Kier alpha value is -1.91. The average Bonchev–Trinajstić information content (AvgIpc) is 2.75. The first-order valence-electron chi connectivity index (χ1n) is 11.1. The van der Waals surface area contributed by atoms with Crippen molar-refractivity contribution in [2.24, 2.45) is 0 Å². The molecule has 0 radical (unpaired) electrons. The van der Waals surface area contributed by atoms with Crippen molar-refractivity contribution < 1.29 is 14.6 Å². The van der Waals surface area contributed by atoms with E-state index in [1.807, 2.05) is 0 Å². The molecule has 1 amide bonds. The van der Waals surface area contributed by atoms with Crippen LogP contribution in [-0.4, -0.2) is 51.2 Å². The monoisotopic (exact) mass is 383 g/mol. The number of amides is 1. The Morgan fingerprint density at radius 3 is 2.64 bits per heavy atom. The molecule has 1 atom stereocenters. The van der Waals surface area contributed by atoms with Gasteiger partial charge in [-0.05, 0) is 50.7 Å². The van der Waals surface area contributed by atoms with Gasteiger partial charge in [-0.15, -0.1) is 0 Å². The van der Waals surface area contributed by atoms with Crippen molar-refractivity contribution in [2.75, 3.05) is 39.3 Å². The zero-order chi connectivity index (χ0) is 19.6. The maximum Gasteiger partial charge on any atom is 0.278 e. The van der Waals surface area contributed by atoms with E-state index < -0.39 is 0 Å². The summed E-state index contributed by atoms with van der Waals surface area (Å²) in [6, 6.07) is 10.5. The first-order valence-corrected chi connectivity index (χ1v) is 11.1. The van der Waals surface area contributed by atoms with Gasteiger partial charge in [-0.3, -0.25) is 4.79 Å². The first-order chi connectivity index (χ1) is 13.7. The third-order valence-electron chi connectivity index (χ3n) is 6.25. The summed E-state index contributed by atoms with van der Waals surface area (Å²) in [6.45, 7) is 8.38. The molecule has 0 saturated carbocycles. The van der Waals surface area contributed by atoms with Crippen molar-refractivity contribution in [1.82, 2.24) is 5.32 Å². The van der Waals surface area contributed by atoms with Crippen LogP contribution in [0.15, 0.2) is 48.1 Å². The van der Waals surface area contributed by atoms with Gasteiger partial charge in [0.05, 0.1) is 6.54 Å². The first kappa shape index (κ1) is 20.8. The zero-order valence-corrected chi connectivity index (χ0v) is 17.4. The number of nitrogens with one attached hydrogen (secondary N) is 3. The van der Waals surface area contributed by atoms with Gasteiger partial charge in [-0.2, -0.15) is 0 Å². The number of carbonyl (C=O) groups is 1. The summed E-state index contributed by atoms with van der Waals surface area (Å²) >= 11 is 0. The molecule has 1 saturated heterocycles. The predicted octanol–water partition coefficient (Wildman–Crippen LogP) is 0.878. The van der Waals surface area contributed by atoms with Crippen LogP contribution >= 0.6 is 0 Å². The van der Waals surface area contributed by atoms with Gasteiger partial charge in [0.25, 0.3) is 5.91 Å². The minimum Gasteiger partial charge on any atom is -0.351 e. The molecule has 0 aromatic heterocycles. The number of quaternary nitrogens is 2. The molecule has 0 spiro atoms. The third kappa shape index (κ3) is 6.61. The Labute approximate surface area is 170 Å². The lowest BCUT2D eigenvalue weighted by Crippen LogP contribution is -3.30. The van der Waals surface area contributed by atoms with Gasteiger partial charge in [-0.25, -0.2) is 0 Å². The van der Waals surface area contributed by atoms with Crippen LogP contribution in [-0.2, 0) is 4.79 Å². The van der Waals surface area contributed by atoms with Crippen molar-refractivity contribution in [3.8, 4) is 0 Å². The van der Waals surface area contributed by atoms with Gasteiger partial charge in [0.2, 0.25) is 0 Å². The van der Waals surface area contributed by atoms with Crippen molar-refractivity contribution in [3.05, 3.63) is 53.6 Å². The Morgan fingerprint density at radius 2 is 1.93 bits per heavy atom. The molecule has 2 aliphatic rings. The van der Waals surface area contributed by atoms with Crippen LogP contribution < -0.4 is 15.1 Å². The molecule has 1 aliphatic carbocycles. The number of rotatable bonds is 8. The molecule has 3 rings (SSSR count). The summed E-state index contributed by atoms with van der Waals surface area (Å²) in [5.41, 5.74) is 2.80. The van der Waals surface area contributed by atoms with Crippen LogP contribution in [0.5, 0.6) is 0 Å². The molecule has 1 heterocycles. The highest BCUT2D eigenvalue weighted by atomic mass is 16.2. The largest absolute Gasteiger partial charge is 0.351 e. The van der Waals surface area contributed by atoms with Gasteiger partial charge in [0.15, 0.2) is 6.04 Å². The van der Waals surface area contributed by atoms with E-state index in [1.54, 1.807) is 4.90 Å². The topological polar surface area (TPSA) is 38.0 Å². The van der Waals surface area contributed by atoms with Crippen molar-refractivity contribution in [3.63, 3.8) is 0 Å². The molecule has 1 aromatic rings. The minimum absolute atomic E-state index is 0.0572. The van der Waals surface area contributed by atoms with Crippen LogP contribution in [0, 0.1) is 0 Å². The molecule has 4 nitrogen and oxygen atoms in total. The number of benzene rings is 1. The molecule has 3 N–H and O–H groups in total. The highest BCUT2D eigenvalue weighted by Crippen LogP contribution is 2.19. The number of carbonyl (C=O) groups excluding carboxylic acids is 1. The van der Waals surface area contributed by atoms with Crippen molar-refractivity contribution >= 4 is 12.0 Å². The third-order valence-corrected chi connectivity index (χ3v) is 6.25. The van der Waals surface area contributed by atoms with Crippen LogP contribution in [0.2, 0.25) is 0 Å². The zero-order valence-electron chi connectivity index (χ0n) is 17.4. The summed E-state index contributed by atoms with van der Waals surface area (Å²) in [4.78, 5) is 15.6. The van der Waals surface area contributed by atoms with Gasteiger partial charge in [0.1, 0.15) is 26.2 Å². The number of hydrogen-bond acceptors (Lipinski definition) is 1. The van der Waals surface area contributed by atoms with Crippen LogP contribution in [0.4, 0.5) is 0 Å². The predicted molar refractivity (Wildman–Crippen MR) is 115 cm³/mol. The molecule has 0 unspecified atom stereocenters. The van der Waals surface area contributed by atoms with E-state index >= 15 is 0 Å². The molecule has 28 heavy (non-hydrogen) atoms. The summed E-state index contributed by atoms with van der Waals surface area (Å²) in [5, 5.41) is 3.17. The maximum absolute atomic E-state index is 12.5. The fourth-order valence-corrected chi connectivity index (χ4v) is 4.30. The molecule has 1 fully saturated rings. The summed E-state index contributed by atoms with van der Waals surface area (Å²) in [6.07, 6.45) is 13.0. The lowest BCUT2D eigenvalue weighted by molar-refractivity contribution is -1.02.